The number of thioether (sulfide) groups is 1. The highest BCUT2D eigenvalue weighted by atomic mass is 32.2. The molecule has 3 heteroatoms. The lowest BCUT2D eigenvalue weighted by atomic mass is 10.2. The van der Waals surface area contributed by atoms with Crippen LogP contribution in [0, 0.1) is 11.8 Å². The van der Waals surface area contributed by atoms with Gasteiger partial charge in [0.25, 0.3) is 0 Å². The third kappa shape index (κ3) is 25.4. The van der Waals surface area contributed by atoms with Gasteiger partial charge in [0.05, 0.1) is 0 Å². The highest BCUT2D eigenvalue weighted by Crippen LogP contribution is 2.08. The Morgan fingerprint density at radius 3 is 1.83 bits per heavy atom. The van der Waals surface area contributed by atoms with E-state index in [4.69, 9.17) is 4.74 Å². The summed E-state index contributed by atoms with van der Waals surface area (Å²) in [7, 11) is -0.854. The Morgan fingerprint density at radius 1 is 1.00 bits per heavy atom. The second-order valence-electron chi connectivity index (χ2n) is 6.95. The molecule has 0 aliphatic heterocycles. The minimum absolute atomic E-state index is 0.677. The summed E-state index contributed by atoms with van der Waals surface area (Å²) in [5.41, 5.74) is 0. The van der Waals surface area contributed by atoms with Crippen LogP contribution in [0.15, 0.2) is 0 Å². The van der Waals surface area contributed by atoms with E-state index >= 15 is 0 Å². The van der Waals surface area contributed by atoms with Crippen molar-refractivity contribution < 1.29 is 4.74 Å². The summed E-state index contributed by atoms with van der Waals surface area (Å²) in [6.07, 6.45) is 3.52. The first-order chi connectivity index (χ1) is 8.19. The summed E-state index contributed by atoms with van der Waals surface area (Å²) >= 11 is 1.93. The molecule has 0 saturated heterocycles. The average molecular weight is 293 g/mol. The van der Waals surface area contributed by atoms with Crippen molar-refractivity contribution in [1.82, 2.24) is 0 Å². The van der Waals surface area contributed by atoms with E-state index in [1.807, 2.05) is 11.8 Å². The second-order valence-corrected chi connectivity index (χ2v) is 13.6. The minimum atomic E-state index is -0.854. The normalized spacial score (nSPS) is 11.7. The smallest absolute Gasteiger partial charge is 0.0488 e. The lowest BCUT2D eigenvalue weighted by molar-refractivity contribution is 0.121. The molecular weight excluding hydrogens is 256 g/mol. The van der Waals surface area contributed by atoms with Crippen molar-refractivity contribution in [3.63, 3.8) is 0 Å². The van der Waals surface area contributed by atoms with Crippen LogP contribution in [0.2, 0.25) is 25.7 Å². The predicted molar refractivity (Wildman–Crippen MR) is 91.6 cm³/mol. The molecule has 1 nitrogen and oxygen atoms in total. The molecule has 0 aromatic heterocycles. The molecule has 0 aromatic carbocycles. The first kappa shape index (κ1) is 20.8. The van der Waals surface area contributed by atoms with Crippen LogP contribution in [-0.4, -0.2) is 33.3 Å². The third-order valence-electron chi connectivity index (χ3n) is 2.35. The van der Waals surface area contributed by atoms with E-state index in [0.717, 1.165) is 19.1 Å². The molecule has 0 saturated carbocycles. The molecule has 0 spiro atoms. The van der Waals surface area contributed by atoms with E-state index in [2.05, 4.69) is 53.6 Å². The average Bonchev–Trinajstić information content (AvgIpc) is 2.21. The van der Waals surface area contributed by atoms with Crippen LogP contribution in [0.3, 0.4) is 0 Å². The van der Waals surface area contributed by atoms with Gasteiger partial charge in [-0.3, -0.25) is 0 Å². The van der Waals surface area contributed by atoms with Gasteiger partial charge >= 0.3 is 0 Å². The first-order valence-corrected chi connectivity index (χ1v) is 12.4. The van der Waals surface area contributed by atoms with Gasteiger partial charge in [-0.05, 0) is 36.3 Å². The first-order valence-electron chi connectivity index (χ1n) is 7.25. The molecule has 0 aliphatic carbocycles. The van der Waals surface area contributed by atoms with Crippen molar-refractivity contribution in [2.75, 3.05) is 25.2 Å². The van der Waals surface area contributed by atoms with Gasteiger partial charge in [0, 0.05) is 21.3 Å². The minimum Gasteiger partial charge on any atom is -0.381 e. The highest BCUT2D eigenvalue weighted by molar-refractivity contribution is 7.98. The molecular formula is C15H36OSSi. The van der Waals surface area contributed by atoms with Gasteiger partial charge in [0.1, 0.15) is 0 Å². The fourth-order valence-corrected chi connectivity index (χ4v) is 2.51. The Morgan fingerprint density at radius 2 is 1.56 bits per heavy atom. The van der Waals surface area contributed by atoms with Crippen molar-refractivity contribution in [3.05, 3.63) is 0 Å². The van der Waals surface area contributed by atoms with Gasteiger partial charge < -0.3 is 4.74 Å². The Kier molecular flexibility index (Phi) is 14.5. The van der Waals surface area contributed by atoms with Crippen molar-refractivity contribution in [2.24, 2.45) is 11.8 Å². The molecule has 0 N–H and O–H groups in total. The Labute approximate surface area is 121 Å². The van der Waals surface area contributed by atoms with Crippen LogP contribution in [0.25, 0.3) is 0 Å². The maximum Gasteiger partial charge on any atom is 0.0488 e. The van der Waals surface area contributed by atoms with E-state index in [9.17, 15) is 0 Å². The molecule has 0 rings (SSSR count). The van der Waals surface area contributed by atoms with Crippen molar-refractivity contribution in [1.29, 1.82) is 0 Å². The summed E-state index contributed by atoms with van der Waals surface area (Å²) in [5.74, 6) is 2.88. The molecule has 0 unspecified atom stereocenters. The maximum atomic E-state index is 5.51. The molecule has 0 aliphatic rings. The van der Waals surface area contributed by atoms with Crippen molar-refractivity contribution in [2.45, 2.75) is 59.8 Å². The fourth-order valence-electron chi connectivity index (χ4n) is 1.05. The standard InChI is InChI=1S/C9H22OSi.C6H14S/c1-9(2)8-10-6-7-11(3,4)5;1-6(2)4-5-7-3/h9H,6-8H2,1-5H3;6H,4-5H2,1-3H3. The predicted octanol–water partition coefficient (Wildman–Crippen LogP) is 5.39. The molecule has 0 amide bonds. The Bertz CT molecular complexity index is 164. The fraction of sp³-hybridized carbons (Fsp3) is 1.00. The van der Waals surface area contributed by atoms with Gasteiger partial charge in [0.2, 0.25) is 0 Å². The maximum absolute atomic E-state index is 5.51. The molecule has 0 radical (unpaired) electrons. The van der Waals surface area contributed by atoms with Gasteiger partial charge in [-0.2, -0.15) is 11.8 Å². The number of hydrogen-bond acceptors (Lipinski definition) is 2. The zero-order valence-electron chi connectivity index (χ0n) is 14.0. The van der Waals surface area contributed by atoms with Crippen LogP contribution in [0.4, 0.5) is 0 Å². The van der Waals surface area contributed by atoms with Gasteiger partial charge in [0.15, 0.2) is 0 Å². The number of rotatable bonds is 8. The van der Waals surface area contributed by atoms with Gasteiger partial charge in [-0.15, -0.1) is 0 Å². The van der Waals surface area contributed by atoms with E-state index in [0.29, 0.717) is 5.92 Å². The Balaban J connectivity index is 0. The summed E-state index contributed by atoms with van der Waals surface area (Å²) in [5, 5.41) is 0. The third-order valence-corrected chi connectivity index (χ3v) is 4.69. The zero-order valence-corrected chi connectivity index (χ0v) is 15.8. The number of ether oxygens (including phenoxy) is 1. The second kappa shape index (κ2) is 12.6. The van der Waals surface area contributed by atoms with Gasteiger partial charge in [-0.25, -0.2) is 0 Å². The zero-order chi connectivity index (χ0) is 14.6. The van der Waals surface area contributed by atoms with Crippen molar-refractivity contribution >= 4 is 19.8 Å². The van der Waals surface area contributed by atoms with Crippen LogP contribution < -0.4 is 0 Å². The molecule has 0 heterocycles. The summed E-state index contributed by atoms with van der Waals surface area (Å²) < 4.78 is 5.51. The van der Waals surface area contributed by atoms with E-state index < -0.39 is 8.07 Å². The molecule has 112 valence electrons. The SMILES string of the molecule is CC(C)COCC[Si](C)(C)C.CSCCC(C)C. The Hall–Kier alpha value is 0.527. The van der Waals surface area contributed by atoms with Crippen LogP contribution in [0.5, 0.6) is 0 Å². The topological polar surface area (TPSA) is 9.23 Å². The van der Waals surface area contributed by atoms with E-state index in [1.54, 1.807) is 0 Å². The molecule has 0 fully saturated rings. The molecule has 0 atom stereocenters. The van der Waals surface area contributed by atoms with E-state index in [1.165, 1.54) is 18.2 Å². The molecule has 0 aromatic rings. The lowest BCUT2D eigenvalue weighted by Crippen LogP contribution is -2.22. The summed E-state index contributed by atoms with van der Waals surface area (Å²) in [6, 6.07) is 1.29. The molecule has 0 bridgehead atoms. The summed E-state index contributed by atoms with van der Waals surface area (Å²) in [4.78, 5) is 0. The van der Waals surface area contributed by atoms with Crippen molar-refractivity contribution in [3.8, 4) is 0 Å². The van der Waals surface area contributed by atoms with Crippen LogP contribution >= 0.6 is 11.8 Å². The highest BCUT2D eigenvalue weighted by Gasteiger charge is 2.11. The molecule has 18 heavy (non-hydrogen) atoms. The lowest BCUT2D eigenvalue weighted by Gasteiger charge is -2.15. The quantitative estimate of drug-likeness (QED) is 0.438. The summed E-state index contributed by atoms with van der Waals surface area (Å²) in [6.45, 7) is 17.9. The largest absolute Gasteiger partial charge is 0.381 e. The van der Waals surface area contributed by atoms with Crippen LogP contribution in [-0.2, 0) is 4.74 Å². The number of hydrogen-bond donors (Lipinski definition) is 0. The van der Waals surface area contributed by atoms with Gasteiger partial charge in [-0.1, -0.05) is 47.3 Å². The van der Waals surface area contributed by atoms with Crippen LogP contribution in [0.1, 0.15) is 34.1 Å². The monoisotopic (exact) mass is 292 g/mol. The van der Waals surface area contributed by atoms with E-state index in [-0.39, 0.29) is 0 Å².